The molecule has 2 aromatic rings. The van der Waals surface area contributed by atoms with Gasteiger partial charge >= 0.3 is 0 Å². The molecule has 1 aromatic carbocycles. The molecule has 1 aromatic heterocycles. The van der Waals surface area contributed by atoms with Crippen LogP contribution in [-0.2, 0) is 12.0 Å². The maximum atomic E-state index is 6.23. The van der Waals surface area contributed by atoms with Crippen molar-refractivity contribution in [1.29, 1.82) is 0 Å². The number of nitrogens with two attached hydrogens (primary N) is 1. The molecule has 0 unspecified atom stereocenters. The highest BCUT2D eigenvalue weighted by Crippen LogP contribution is 2.32. The summed E-state index contributed by atoms with van der Waals surface area (Å²) < 4.78 is 0. The molecule has 4 heteroatoms. The van der Waals surface area contributed by atoms with E-state index in [1.54, 1.807) is 6.07 Å². The topological polar surface area (TPSA) is 38.9 Å². The Morgan fingerprint density at radius 2 is 1.83 bits per heavy atom. The van der Waals surface area contributed by atoms with Crippen LogP contribution in [0.3, 0.4) is 0 Å². The predicted molar refractivity (Wildman–Crippen MR) is 78.4 cm³/mol. The average Bonchev–Trinajstić information content (AvgIpc) is 2.25. The lowest BCUT2D eigenvalue weighted by molar-refractivity contribution is 0.570. The SMILES string of the molecule is CC(C)(C)c1cc(CN)c2c(Cl)cc(Cl)cc2n1. The maximum Gasteiger partial charge on any atom is 0.0738 e. The summed E-state index contributed by atoms with van der Waals surface area (Å²) in [6.45, 7) is 6.79. The van der Waals surface area contributed by atoms with Crippen molar-refractivity contribution in [2.45, 2.75) is 32.7 Å². The van der Waals surface area contributed by atoms with Crippen molar-refractivity contribution < 1.29 is 0 Å². The fraction of sp³-hybridized carbons (Fsp3) is 0.357. The lowest BCUT2D eigenvalue weighted by Crippen LogP contribution is -2.15. The number of pyridine rings is 1. The van der Waals surface area contributed by atoms with Gasteiger partial charge in [-0.2, -0.15) is 0 Å². The molecule has 1 heterocycles. The van der Waals surface area contributed by atoms with E-state index in [9.17, 15) is 0 Å². The summed E-state index contributed by atoms with van der Waals surface area (Å²) in [4.78, 5) is 4.65. The molecule has 0 aliphatic carbocycles. The normalized spacial score (nSPS) is 12.1. The number of nitrogens with zero attached hydrogens (tertiary/aromatic N) is 1. The van der Waals surface area contributed by atoms with E-state index in [-0.39, 0.29) is 5.41 Å². The van der Waals surface area contributed by atoms with Gasteiger partial charge in [0, 0.05) is 28.1 Å². The average molecular weight is 283 g/mol. The van der Waals surface area contributed by atoms with Gasteiger partial charge in [-0.25, -0.2) is 0 Å². The third-order valence-electron chi connectivity index (χ3n) is 2.90. The lowest BCUT2D eigenvalue weighted by Gasteiger charge is -2.20. The van der Waals surface area contributed by atoms with Gasteiger partial charge in [0.05, 0.1) is 10.5 Å². The van der Waals surface area contributed by atoms with Gasteiger partial charge in [0.1, 0.15) is 0 Å². The van der Waals surface area contributed by atoms with E-state index in [1.807, 2.05) is 12.1 Å². The first kappa shape index (κ1) is 13.6. The van der Waals surface area contributed by atoms with Crippen LogP contribution in [0.1, 0.15) is 32.0 Å². The third kappa shape index (κ3) is 2.46. The first-order valence-corrected chi connectivity index (χ1v) is 6.57. The molecular weight excluding hydrogens is 267 g/mol. The molecule has 2 rings (SSSR count). The number of hydrogen-bond acceptors (Lipinski definition) is 2. The summed E-state index contributed by atoms with van der Waals surface area (Å²) in [7, 11) is 0. The van der Waals surface area contributed by atoms with E-state index < -0.39 is 0 Å². The first-order valence-electron chi connectivity index (χ1n) is 5.82. The minimum absolute atomic E-state index is 0.0348. The largest absolute Gasteiger partial charge is 0.326 e. The minimum atomic E-state index is -0.0348. The molecule has 0 radical (unpaired) electrons. The molecular formula is C14H16Cl2N2. The van der Waals surface area contributed by atoms with E-state index >= 15 is 0 Å². The van der Waals surface area contributed by atoms with Crippen molar-refractivity contribution in [3.63, 3.8) is 0 Å². The van der Waals surface area contributed by atoms with Crippen LogP contribution >= 0.6 is 23.2 Å². The van der Waals surface area contributed by atoms with Crippen LogP contribution in [0.15, 0.2) is 18.2 Å². The second kappa shape index (κ2) is 4.69. The number of halogens is 2. The molecule has 0 atom stereocenters. The van der Waals surface area contributed by atoms with Crippen LogP contribution in [0.25, 0.3) is 10.9 Å². The second-order valence-electron chi connectivity index (χ2n) is 5.40. The summed E-state index contributed by atoms with van der Waals surface area (Å²) in [5.74, 6) is 0. The van der Waals surface area contributed by atoms with Crippen LogP contribution in [-0.4, -0.2) is 4.98 Å². The zero-order chi connectivity index (χ0) is 13.5. The maximum absolute atomic E-state index is 6.23. The van der Waals surface area contributed by atoms with Gasteiger partial charge in [-0.1, -0.05) is 44.0 Å². The molecule has 0 bridgehead atoms. The Kier molecular flexibility index (Phi) is 3.54. The Labute approximate surface area is 117 Å². The molecule has 2 nitrogen and oxygen atoms in total. The quantitative estimate of drug-likeness (QED) is 0.847. The van der Waals surface area contributed by atoms with Crippen molar-refractivity contribution in [2.75, 3.05) is 0 Å². The van der Waals surface area contributed by atoms with Crippen LogP contribution in [0.4, 0.5) is 0 Å². The highest BCUT2D eigenvalue weighted by molar-refractivity contribution is 6.38. The number of rotatable bonds is 1. The van der Waals surface area contributed by atoms with Crippen molar-refractivity contribution in [2.24, 2.45) is 5.73 Å². The molecule has 0 aliphatic heterocycles. The van der Waals surface area contributed by atoms with Crippen molar-refractivity contribution >= 4 is 34.1 Å². The van der Waals surface area contributed by atoms with Crippen molar-refractivity contribution in [3.8, 4) is 0 Å². The number of hydrogen-bond donors (Lipinski definition) is 1. The fourth-order valence-electron chi connectivity index (χ4n) is 1.91. The zero-order valence-electron chi connectivity index (χ0n) is 10.7. The summed E-state index contributed by atoms with van der Waals surface area (Å²) in [6.07, 6.45) is 0. The van der Waals surface area contributed by atoms with Gasteiger partial charge in [0.2, 0.25) is 0 Å². The highest BCUT2D eigenvalue weighted by atomic mass is 35.5. The van der Waals surface area contributed by atoms with Gasteiger partial charge in [0.25, 0.3) is 0 Å². The van der Waals surface area contributed by atoms with Gasteiger partial charge in [-0.05, 0) is 23.8 Å². The van der Waals surface area contributed by atoms with Gasteiger partial charge in [0.15, 0.2) is 0 Å². The fourth-order valence-corrected chi connectivity index (χ4v) is 2.51. The van der Waals surface area contributed by atoms with E-state index in [2.05, 4.69) is 25.8 Å². The molecule has 0 saturated carbocycles. The van der Waals surface area contributed by atoms with E-state index in [4.69, 9.17) is 28.9 Å². The van der Waals surface area contributed by atoms with Crippen molar-refractivity contribution in [3.05, 3.63) is 39.5 Å². The third-order valence-corrected chi connectivity index (χ3v) is 3.41. The van der Waals surface area contributed by atoms with Crippen LogP contribution in [0.5, 0.6) is 0 Å². The highest BCUT2D eigenvalue weighted by Gasteiger charge is 2.18. The molecule has 0 fully saturated rings. The van der Waals surface area contributed by atoms with E-state index in [0.29, 0.717) is 16.6 Å². The monoisotopic (exact) mass is 282 g/mol. The lowest BCUT2D eigenvalue weighted by atomic mass is 9.90. The summed E-state index contributed by atoms with van der Waals surface area (Å²) in [5, 5.41) is 2.09. The van der Waals surface area contributed by atoms with Gasteiger partial charge in [-0.15, -0.1) is 0 Å². The van der Waals surface area contributed by atoms with Gasteiger partial charge < -0.3 is 5.73 Å². The molecule has 0 amide bonds. The van der Waals surface area contributed by atoms with Crippen LogP contribution < -0.4 is 5.73 Å². The molecule has 96 valence electrons. The predicted octanol–water partition coefficient (Wildman–Crippen LogP) is 4.30. The smallest absolute Gasteiger partial charge is 0.0738 e. The van der Waals surface area contributed by atoms with Crippen LogP contribution in [0.2, 0.25) is 10.0 Å². The van der Waals surface area contributed by atoms with E-state index in [0.717, 1.165) is 22.2 Å². The standard InChI is InChI=1S/C14H16Cl2N2/c1-14(2,3)12-4-8(7-17)13-10(16)5-9(15)6-11(13)18-12/h4-6H,7,17H2,1-3H3. The number of benzene rings is 1. The van der Waals surface area contributed by atoms with E-state index in [1.165, 1.54) is 0 Å². The Balaban J connectivity index is 2.84. The zero-order valence-corrected chi connectivity index (χ0v) is 12.2. The first-order chi connectivity index (χ1) is 8.32. The second-order valence-corrected chi connectivity index (χ2v) is 6.25. The Hall–Kier alpha value is -0.830. The summed E-state index contributed by atoms with van der Waals surface area (Å²) in [5.41, 5.74) is 8.59. The van der Waals surface area contributed by atoms with Crippen molar-refractivity contribution in [1.82, 2.24) is 4.98 Å². The molecule has 0 spiro atoms. The van der Waals surface area contributed by atoms with Crippen LogP contribution in [0, 0.1) is 0 Å². The molecule has 0 saturated heterocycles. The molecule has 18 heavy (non-hydrogen) atoms. The number of fused-ring (bicyclic) bond motifs is 1. The van der Waals surface area contributed by atoms with Gasteiger partial charge in [-0.3, -0.25) is 4.98 Å². The minimum Gasteiger partial charge on any atom is -0.326 e. The number of aromatic nitrogens is 1. The Bertz CT molecular complexity index is 601. The molecule has 2 N–H and O–H groups in total. The summed E-state index contributed by atoms with van der Waals surface area (Å²) >= 11 is 12.3. The summed E-state index contributed by atoms with van der Waals surface area (Å²) in [6, 6.07) is 5.59. The Morgan fingerprint density at radius 1 is 1.17 bits per heavy atom. The Morgan fingerprint density at radius 3 is 2.39 bits per heavy atom. The molecule has 0 aliphatic rings.